The molecule has 1 rings (SSSR count). The van der Waals surface area contributed by atoms with Crippen LogP contribution in [0.4, 0.5) is 0 Å². The summed E-state index contributed by atoms with van der Waals surface area (Å²) in [5.41, 5.74) is 0.810. The van der Waals surface area contributed by atoms with Gasteiger partial charge in [0.2, 0.25) is 0 Å². The highest BCUT2D eigenvalue weighted by molar-refractivity contribution is 5.22. The number of terminal acetylenes is 1. The van der Waals surface area contributed by atoms with Crippen LogP contribution in [0, 0.1) is 12.3 Å². The Morgan fingerprint density at radius 3 is 2.88 bits per heavy atom. The average Bonchev–Trinajstić information content (AvgIpc) is 2.14. The molecule has 0 N–H and O–H groups in total. The number of rotatable bonds is 0. The largest absolute Gasteiger partial charge is 0.260 e. The number of nitrogens with zero attached hydrogens (tertiary/aromatic N) is 2. The molecule has 2 heteroatoms. The first-order chi connectivity index (χ1) is 3.84. The summed E-state index contributed by atoms with van der Waals surface area (Å²) in [7, 11) is 1.81. The van der Waals surface area contributed by atoms with Gasteiger partial charge < -0.3 is 0 Å². The van der Waals surface area contributed by atoms with Crippen molar-refractivity contribution in [3.8, 4) is 12.3 Å². The molecule has 0 saturated carbocycles. The van der Waals surface area contributed by atoms with Crippen LogP contribution in [0.2, 0.25) is 0 Å². The summed E-state index contributed by atoms with van der Waals surface area (Å²) in [6.07, 6.45) is 6.76. The fourth-order valence-corrected chi connectivity index (χ4v) is 0.516. The second-order valence-electron chi connectivity index (χ2n) is 1.48. The molecule has 0 aromatic carbocycles. The number of aryl methyl sites for hydroxylation is 1. The van der Waals surface area contributed by atoms with E-state index in [-0.39, 0.29) is 0 Å². The minimum atomic E-state index is 0.810. The van der Waals surface area contributed by atoms with E-state index < -0.39 is 0 Å². The highest BCUT2D eigenvalue weighted by atomic mass is 15.2. The Kier molecular flexibility index (Phi) is 1.05. The lowest BCUT2D eigenvalue weighted by atomic mass is 10.5. The number of aromatic nitrogens is 2. The molecule has 0 unspecified atom stereocenters. The van der Waals surface area contributed by atoms with E-state index in [9.17, 15) is 0 Å². The first kappa shape index (κ1) is 4.92. The summed E-state index contributed by atoms with van der Waals surface area (Å²) in [6, 6.07) is 1.79. The van der Waals surface area contributed by atoms with E-state index in [1.807, 2.05) is 7.05 Å². The van der Waals surface area contributed by atoms with E-state index >= 15 is 0 Å². The fraction of sp³-hybridized carbons (Fsp3) is 0.167. The lowest BCUT2D eigenvalue weighted by molar-refractivity contribution is 0.758. The van der Waals surface area contributed by atoms with Crippen molar-refractivity contribution >= 4 is 0 Å². The Labute approximate surface area is 48.1 Å². The Morgan fingerprint density at radius 1 is 1.88 bits per heavy atom. The van der Waals surface area contributed by atoms with Crippen LogP contribution in [0.15, 0.2) is 12.3 Å². The molecule has 0 atom stereocenters. The zero-order chi connectivity index (χ0) is 5.98. The number of hydrogen-bond donors (Lipinski definition) is 0. The minimum absolute atomic E-state index is 0.810. The standard InChI is InChI=1S/C6H6N2/c1-3-6-4-5-7-8(6)2/h1,4-5H,2H3. The Balaban J connectivity index is 3.15. The molecule has 0 radical (unpaired) electrons. The van der Waals surface area contributed by atoms with Crippen LogP contribution in [0.3, 0.4) is 0 Å². The zero-order valence-corrected chi connectivity index (χ0v) is 4.63. The van der Waals surface area contributed by atoms with E-state index in [1.165, 1.54) is 0 Å². The maximum Gasteiger partial charge on any atom is 0.110 e. The molecular formula is C6H6N2. The van der Waals surface area contributed by atoms with Gasteiger partial charge in [0.1, 0.15) is 5.69 Å². The second kappa shape index (κ2) is 1.71. The van der Waals surface area contributed by atoms with Gasteiger partial charge in [0.15, 0.2) is 0 Å². The van der Waals surface area contributed by atoms with E-state index in [1.54, 1.807) is 16.9 Å². The summed E-state index contributed by atoms with van der Waals surface area (Å²) in [6.45, 7) is 0. The van der Waals surface area contributed by atoms with E-state index in [2.05, 4.69) is 11.0 Å². The molecule has 0 aliphatic carbocycles. The first-order valence-electron chi connectivity index (χ1n) is 2.29. The van der Waals surface area contributed by atoms with Crippen LogP contribution in [0.1, 0.15) is 5.69 Å². The summed E-state index contributed by atoms with van der Waals surface area (Å²) >= 11 is 0. The van der Waals surface area contributed by atoms with E-state index in [0.29, 0.717) is 0 Å². The van der Waals surface area contributed by atoms with Gasteiger partial charge in [-0.3, -0.25) is 4.68 Å². The van der Waals surface area contributed by atoms with Crippen LogP contribution in [-0.2, 0) is 7.05 Å². The van der Waals surface area contributed by atoms with Gasteiger partial charge in [-0.15, -0.1) is 6.42 Å². The monoisotopic (exact) mass is 106 g/mol. The third-order valence-corrected chi connectivity index (χ3v) is 0.969. The van der Waals surface area contributed by atoms with Gasteiger partial charge in [-0.25, -0.2) is 0 Å². The van der Waals surface area contributed by atoms with Crippen molar-refractivity contribution in [2.45, 2.75) is 0 Å². The lowest BCUT2D eigenvalue weighted by Crippen LogP contribution is -1.91. The summed E-state index contributed by atoms with van der Waals surface area (Å²) in [5.74, 6) is 2.48. The third kappa shape index (κ3) is 0.584. The third-order valence-electron chi connectivity index (χ3n) is 0.969. The maximum atomic E-state index is 5.08. The molecule has 0 aliphatic heterocycles. The van der Waals surface area contributed by atoms with Crippen LogP contribution in [-0.4, -0.2) is 9.78 Å². The predicted molar refractivity (Wildman–Crippen MR) is 31.1 cm³/mol. The lowest BCUT2D eigenvalue weighted by Gasteiger charge is -1.86. The van der Waals surface area contributed by atoms with Gasteiger partial charge in [-0.1, -0.05) is 5.92 Å². The molecule has 1 heterocycles. The summed E-state index contributed by atoms with van der Waals surface area (Å²) in [5, 5.41) is 3.86. The highest BCUT2D eigenvalue weighted by Crippen LogP contribution is 1.89. The molecule has 2 nitrogen and oxygen atoms in total. The van der Waals surface area contributed by atoms with Crippen molar-refractivity contribution in [3.05, 3.63) is 18.0 Å². The van der Waals surface area contributed by atoms with E-state index in [0.717, 1.165) is 5.69 Å². The van der Waals surface area contributed by atoms with Crippen molar-refractivity contribution in [3.63, 3.8) is 0 Å². The molecule has 0 aliphatic rings. The smallest absolute Gasteiger partial charge is 0.110 e. The van der Waals surface area contributed by atoms with Crippen LogP contribution in [0.25, 0.3) is 0 Å². The van der Waals surface area contributed by atoms with Crippen molar-refractivity contribution in [2.24, 2.45) is 7.05 Å². The Bertz CT molecular complexity index is 217. The average molecular weight is 106 g/mol. The Morgan fingerprint density at radius 2 is 2.62 bits per heavy atom. The highest BCUT2D eigenvalue weighted by Gasteiger charge is 1.87. The molecule has 40 valence electrons. The van der Waals surface area contributed by atoms with Crippen LogP contribution < -0.4 is 0 Å². The van der Waals surface area contributed by atoms with Crippen LogP contribution >= 0.6 is 0 Å². The maximum absolute atomic E-state index is 5.08. The molecule has 0 saturated heterocycles. The van der Waals surface area contributed by atoms with Crippen molar-refractivity contribution in [2.75, 3.05) is 0 Å². The van der Waals surface area contributed by atoms with E-state index in [4.69, 9.17) is 6.42 Å². The molecule has 8 heavy (non-hydrogen) atoms. The quantitative estimate of drug-likeness (QED) is 0.438. The second-order valence-corrected chi connectivity index (χ2v) is 1.48. The van der Waals surface area contributed by atoms with Gasteiger partial charge in [0.25, 0.3) is 0 Å². The minimum Gasteiger partial charge on any atom is -0.260 e. The normalized spacial score (nSPS) is 8.50. The van der Waals surface area contributed by atoms with Crippen molar-refractivity contribution < 1.29 is 0 Å². The summed E-state index contributed by atoms with van der Waals surface area (Å²) < 4.78 is 1.65. The Hall–Kier alpha value is -1.23. The van der Waals surface area contributed by atoms with Gasteiger partial charge >= 0.3 is 0 Å². The van der Waals surface area contributed by atoms with Gasteiger partial charge in [0, 0.05) is 7.05 Å². The summed E-state index contributed by atoms with van der Waals surface area (Å²) in [4.78, 5) is 0. The SMILES string of the molecule is C#Cc1ccnn1C. The molecule has 0 amide bonds. The predicted octanol–water partition coefficient (Wildman–Crippen LogP) is 0.401. The fourth-order valence-electron chi connectivity index (χ4n) is 0.516. The molecule has 1 aromatic heterocycles. The zero-order valence-electron chi connectivity index (χ0n) is 4.63. The number of hydrogen-bond acceptors (Lipinski definition) is 1. The molecule has 1 aromatic rings. The molecule has 0 fully saturated rings. The molecule has 0 spiro atoms. The van der Waals surface area contributed by atoms with Gasteiger partial charge in [-0.2, -0.15) is 5.10 Å². The molecule has 0 bridgehead atoms. The van der Waals surface area contributed by atoms with Crippen molar-refractivity contribution in [1.82, 2.24) is 9.78 Å². The first-order valence-corrected chi connectivity index (χ1v) is 2.29. The molecular weight excluding hydrogens is 100 g/mol. The van der Waals surface area contributed by atoms with Gasteiger partial charge in [0.05, 0.1) is 6.20 Å². The van der Waals surface area contributed by atoms with Crippen molar-refractivity contribution in [1.29, 1.82) is 0 Å². The van der Waals surface area contributed by atoms with Gasteiger partial charge in [-0.05, 0) is 6.07 Å². The topological polar surface area (TPSA) is 17.8 Å². The van der Waals surface area contributed by atoms with Crippen LogP contribution in [0.5, 0.6) is 0 Å².